The zero-order valence-electron chi connectivity index (χ0n) is 11.5. The molecule has 2 aliphatic rings. The van der Waals surface area contributed by atoms with Crippen LogP contribution in [-0.4, -0.2) is 27.6 Å². The molecule has 0 aliphatic heterocycles. The molecule has 1 amide bonds. The fourth-order valence-electron chi connectivity index (χ4n) is 2.80. The van der Waals surface area contributed by atoms with Crippen molar-refractivity contribution in [3.05, 3.63) is 11.6 Å². The summed E-state index contributed by atoms with van der Waals surface area (Å²) >= 11 is 0. The Balaban J connectivity index is 1.51. The number of aromatic nitrogens is 3. The minimum Gasteiger partial charge on any atom is -0.349 e. The van der Waals surface area contributed by atoms with Crippen molar-refractivity contribution in [2.75, 3.05) is 6.54 Å². The largest absolute Gasteiger partial charge is 0.349 e. The van der Waals surface area contributed by atoms with Gasteiger partial charge in [0, 0.05) is 13.0 Å². The molecule has 2 N–H and O–H groups in total. The molecule has 5 heteroatoms. The van der Waals surface area contributed by atoms with E-state index in [0.29, 0.717) is 5.92 Å². The van der Waals surface area contributed by atoms with Crippen LogP contribution in [0.15, 0.2) is 0 Å². The summed E-state index contributed by atoms with van der Waals surface area (Å²) in [5.41, 5.74) is 0. The van der Waals surface area contributed by atoms with Gasteiger partial charge in [-0.1, -0.05) is 6.92 Å². The molecule has 2 fully saturated rings. The van der Waals surface area contributed by atoms with Gasteiger partial charge >= 0.3 is 0 Å². The first-order valence-electron chi connectivity index (χ1n) is 7.47. The Kier molecular flexibility index (Phi) is 3.53. The van der Waals surface area contributed by atoms with Gasteiger partial charge in [0.15, 0.2) is 0 Å². The van der Waals surface area contributed by atoms with E-state index in [-0.39, 0.29) is 11.7 Å². The third-order valence-corrected chi connectivity index (χ3v) is 4.17. The van der Waals surface area contributed by atoms with Crippen molar-refractivity contribution in [1.29, 1.82) is 0 Å². The fraction of sp³-hybridized carbons (Fsp3) is 0.786. The molecule has 3 rings (SSSR count). The molecule has 2 saturated carbocycles. The first-order chi connectivity index (χ1) is 9.28. The molecule has 0 unspecified atom stereocenters. The second-order valence-corrected chi connectivity index (χ2v) is 5.90. The van der Waals surface area contributed by atoms with E-state index < -0.39 is 0 Å². The van der Waals surface area contributed by atoms with Gasteiger partial charge in [-0.2, -0.15) is 0 Å². The van der Waals surface area contributed by atoms with Crippen LogP contribution in [0.3, 0.4) is 0 Å². The first-order valence-corrected chi connectivity index (χ1v) is 7.47. The van der Waals surface area contributed by atoms with E-state index in [9.17, 15) is 4.79 Å². The van der Waals surface area contributed by atoms with Crippen molar-refractivity contribution < 1.29 is 4.79 Å². The molecule has 1 heterocycles. The van der Waals surface area contributed by atoms with Crippen LogP contribution in [0.2, 0.25) is 0 Å². The van der Waals surface area contributed by atoms with Gasteiger partial charge in [0.25, 0.3) is 5.91 Å². The van der Waals surface area contributed by atoms with Gasteiger partial charge in [-0.05, 0) is 49.9 Å². The molecule has 2 aliphatic carbocycles. The number of aryl methyl sites for hydroxylation is 1. The number of amides is 1. The highest BCUT2D eigenvalue weighted by Gasteiger charge is 2.41. The van der Waals surface area contributed by atoms with E-state index in [1.54, 1.807) is 0 Å². The molecular formula is C14H22N4O. The van der Waals surface area contributed by atoms with Gasteiger partial charge in [0.2, 0.25) is 5.82 Å². The molecule has 0 radical (unpaired) electrons. The van der Waals surface area contributed by atoms with Crippen LogP contribution in [-0.2, 0) is 6.42 Å². The standard InChI is InChI=1S/C14H22N4O/c1-2-3-12-16-13(18-17-12)14(19)15-8-11(9-4-5-9)10-6-7-10/h9-11H,2-8H2,1H3,(H,15,19)(H,16,17,18). The number of hydrogen-bond acceptors (Lipinski definition) is 3. The van der Waals surface area contributed by atoms with Crippen LogP contribution in [0.5, 0.6) is 0 Å². The Hall–Kier alpha value is -1.39. The number of hydrogen-bond donors (Lipinski definition) is 2. The average molecular weight is 262 g/mol. The van der Waals surface area contributed by atoms with Crippen molar-refractivity contribution in [1.82, 2.24) is 20.5 Å². The van der Waals surface area contributed by atoms with Crippen molar-refractivity contribution in [2.45, 2.75) is 45.4 Å². The first kappa shape index (κ1) is 12.6. The smallest absolute Gasteiger partial charge is 0.290 e. The maximum absolute atomic E-state index is 12.0. The van der Waals surface area contributed by atoms with E-state index in [4.69, 9.17) is 0 Å². The number of carbonyl (C=O) groups is 1. The summed E-state index contributed by atoms with van der Waals surface area (Å²) in [6.07, 6.45) is 7.22. The molecule has 19 heavy (non-hydrogen) atoms. The molecule has 5 nitrogen and oxygen atoms in total. The summed E-state index contributed by atoms with van der Waals surface area (Å²) in [5, 5.41) is 9.82. The molecule has 0 saturated heterocycles. The van der Waals surface area contributed by atoms with E-state index in [0.717, 1.165) is 37.0 Å². The summed E-state index contributed by atoms with van der Waals surface area (Å²) in [5.74, 6) is 3.36. The molecule has 0 atom stereocenters. The van der Waals surface area contributed by atoms with Gasteiger partial charge in [-0.15, -0.1) is 5.10 Å². The number of nitrogens with zero attached hydrogens (tertiary/aromatic N) is 2. The van der Waals surface area contributed by atoms with Gasteiger partial charge in [-0.25, -0.2) is 4.98 Å². The van der Waals surface area contributed by atoms with Crippen molar-refractivity contribution >= 4 is 5.91 Å². The molecule has 0 bridgehead atoms. The van der Waals surface area contributed by atoms with Crippen LogP contribution in [0.1, 0.15) is 55.5 Å². The molecule has 104 valence electrons. The van der Waals surface area contributed by atoms with Crippen LogP contribution in [0, 0.1) is 17.8 Å². The lowest BCUT2D eigenvalue weighted by atomic mass is 9.98. The number of nitrogens with one attached hydrogen (secondary N) is 2. The SMILES string of the molecule is CCCc1nc(C(=O)NCC(C2CC2)C2CC2)n[nH]1. The van der Waals surface area contributed by atoms with E-state index in [1.165, 1.54) is 25.7 Å². The minimum atomic E-state index is -0.134. The minimum absolute atomic E-state index is 0.134. The lowest BCUT2D eigenvalue weighted by Gasteiger charge is -2.15. The van der Waals surface area contributed by atoms with Gasteiger partial charge in [0.1, 0.15) is 5.82 Å². The molecule has 1 aromatic heterocycles. The zero-order chi connectivity index (χ0) is 13.2. The van der Waals surface area contributed by atoms with E-state index in [2.05, 4.69) is 27.4 Å². The normalized spacial score (nSPS) is 18.8. The third kappa shape index (κ3) is 3.14. The summed E-state index contributed by atoms with van der Waals surface area (Å²) < 4.78 is 0. The maximum atomic E-state index is 12.0. The quantitative estimate of drug-likeness (QED) is 0.788. The zero-order valence-corrected chi connectivity index (χ0v) is 11.5. The monoisotopic (exact) mass is 262 g/mol. The Bertz CT molecular complexity index is 436. The Labute approximate surface area is 113 Å². The van der Waals surface area contributed by atoms with Crippen molar-refractivity contribution in [2.24, 2.45) is 17.8 Å². The Morgan fingerprint density at radius 3 is 2.63 bits per heavy atom. The number of H-pyrrole nitrogens is 1. The highest BCUT2D eigenvalue weighted by atomic mass is 16.2. The van der Waals surface area contributed by atoms with Gasteiger partial charge < -0.3 is 5.32 Å². The highest BCUT2D eigenvalue weighted by molar-refractivity contribution is 5.90. The summed E-state index contributed by atoms with van der Waals surface area (Å²) in [4.78, 5) is 16.2. The number of aromatic amines is 1. The fourth-order valence-corrected chi connectivity index (χ4v) is 2.80. The molecule has 0 aromatic carbocycles. The number of rotatable bonds is 7. The summed E-state index contributed by atoms with van der Waals surface area (Å²) in [6, 6.07) is 0. The average Bonchev–Trinajstić information content (AvgIpc) is 3.31. The third-order valence-electron chi connectivity index (χ3n) is 4.17. The molecular weight excluding hydrogens is 240 g/mol. The molecule has 1 aromatic rings. The Morgan fingerprint density at radius 1 is 1.37 bits per heavy atom. The summed E-state index contributed by atoms with van der Waals surface area (Å²) in [6.45, 7) is 2.88. The van der Waals surface area contributed by atoms with E-state index in [1.807, 2.05) is 0 Å². The van der Waals surface area contributed by atoms with Crippen LogP contribution < -0.4 is 5.32 Å². The van der Waals surface area contributed by atoms with Crippen LogP contribution >= 0.6 is 0 Å². The lowest BCUT2D eigenvalue weighted by Crippen LogP contribution is -2.31. The summed E-state index contributed by atoms with van der Waals surface area (Å²) in [7, 11) is 0. The molecule has 0 spiro atoms. The van der Waals surface area contributed by atoms with Crippen LogP contribution in [0.25, 0.3) is 0 Å². The van der Waals surface area contributed by atoms with Crippen LogP contribution in [0.4, 0.5) is 0 Å². The van der Waals surface area contributed by atoms with Crippen molar-refractivity contribution in [3.8, 4) is 0 Å². The predicted octanol–water partition coefficient (Wildman–Crippen LogP) is 1.92. The topological polar surface area (TPSA) is 70.7 Å². The lowest BCUT2D eigenvalue weighted by molar-refractivity contribution is 0.0933. The van der Waals surface area contributed by atoms with Crippen molar-refractivity contribution in [3.63, 3.8) is 0 Å². The number of carbonyl (C=O) groups excluding carboxylic acids is 1. The second-order valence-electron chi connectivity index (χ2n) is 5.90. The Morgan fingerprint density at radius 2 is 2.05 bits per heavy atom. The second kappa shape index (κ2) is 5.31. The maximum Gasteiger partial charge on any atom is 0.290 e. The highest BCUT2D eigenvalue weighted by Crippen LogP contribution is 2.48. The van der Waals surface area contributed by atoms with Gasteiger partial charge in [-0.3, -0.25) is 9.89 Å². The van der Waals surface area contributed by atoms with E-state index >= 15 is 0 Å². The predicted molar refractivity (Wildman–Crippen MR) is 71.6 cm³/mol. The van der Waals surface area contributed by atoms with Gasteiger partial charge in [0.05, 0.1) is 0 Å².